The number of nitrogens with zero attached hydrogens (tertiary/aromatic N) is 1. The van der Waals surface area contributed by atoms with Crippen molar-refractivity contribution in [2.75, 3.05) is 17.6 Å². The largest absolute Gasteiger partial charge is 0.368 e. The highest BCUT2D eigenvalue weighted by molar-refractivity contribution is 9.10. The zero-order valence-electron chi connectivity index (χ0n) is 8.20. The number of pyridine rings is 1. The second-order valence-corrected chi connectivity index (χ2v) is 5.73. The van der Waals surface area contributed by atoms with E-state index in [1.165, 1.54) is 0 Å². The van der Waals surface area contributed by atoms with Crippen LogP contribution in [0.4, 0.5) is 5.82 Å². The predicted molar refractivity (Wildman–Crippen MR) is 63.1 cm³/mol. The summed E-state index contributed by atoms with van der Waals surface area (Å²) in [7, 11) is -3.42. The molecule has 0 bridgehead atoms. The van der Waals surface area contributed by atoms with E-state index in [1.807, 2.05) is 13.0 Å². The minimum absolute atomic E-state index is 0.116. The van der Waals surface area contributed by atoms with Crippen LogP contribution in [0.15, 0.2) is 16.7 Å². The van der Waals surface area contributed by atoms with E-state index in [0.29, 0.717) is 5.82 Å². The van der Waals surface area contributed by atoms with Crippen LogP contribution in [0.2, 0.25) is 0 Å². The Hall–Kier alpha value is -0.660. The molecule has 0 unspecified atom stereocenters. The van der Waals surface area contributed by atoms with Gasteiger partial charge in [0, 0.05) is 12.7 Å². The molecule has 84 valence electrons. The van der Waals surface area contributed by atoms with Crippen LogP contribution in [0.5, 0.6) is 0 Å². The molecule has 0 fully saturated rings. The third-order valence-corrected chi connectivity index (χ3v) is 3.03. The van der Waals surface area contributed by atoms with Crippen LogP contribution in [0.3, 0.4) is 0 Å². The van der Waals surface area contributed by atoms with Gasteiger partial charge in [-0.3, -0.25) is 0 Å². The van der Waals surface area contributed by atoms with Crippen molar-refractivity contribution in [2.24, 2.45) is 5.14 Å². The maximum atomic E-state index is 10.7. The van der Waals surface area contributed by atoms with E-state index < -0.39 is 10.0 Å². The molecule has 1 rings (SSSR count). The molecule has 15 heavy (non-hydrogen) atoms. The Morgan fingerprint density at radius 1 is 1.60 bits per heavy atom. The molecule has 0 aliphatic rings. The van der Waals surface area contributed by atoms with Gasteiger partial charge in [-0.15, -0.1) is 0 Å². The van der Waals surface area contributed by atoms with Gasteiger partial charge in [0.2, 0.25) is 10.0 Å². The van der Waals surface area contributed by atoms with Gasteiger partial charge in [-0.05, 0) is 34.5 Å². The van der Waals surface area contributed by atoms with Crippen molar-refractivity contribution in [1.82, 2.24) is 4.98 Å². The van der Waals surface area contributed by atoms with Crippen LogP contribution in [-0.2, 0) is 10.0 Å². The van der Waals surface area contributed by atoms with Crippen LogP contribution in [-0.4, -0.2) is 25.7 Å². The molecule has 0 radical (unpaired) electrons. The van der Waals surface area contributed by atoms with Gasteiger partial charge in [-0.1, -0.05) is 0 Å². The average molecular weight is 294 g/mol. The lowest BCUT2D eigenvalue weighted by atomic mass is 10.3. The fraction of sp³-hybridized carbons (Fsp3) is 0.375. The molecule has 0 aromatic carbocycles. The quantitative estimate of drug-likeness (QED) is 0.862. The standard InChI is InChI=1S/C8H12BrN3O2S/c1-6-4-7(9)8(12-5-6)11-2-3-15(10,13)14/h4-5H,2-3H2,1H3,(H,11,12)(H2,10,13,14). The molecule has 3 N–H and O–H groups in total. The highest BCUT2D eigenvalue weighted by atomic mass is 79.9. The van der Waals surface area contributed by atoms with Crippen LogP contribution in [0, 0.1) is 6.92 Å². The molecule has 1 aromatic rings. The lowest BCUT2D eigenvalue weighted by Crippen LogP contribution is -2.22. The van der Waals surface area contributed by atoms with Crippen molar-refractivity contribution in [1.29, 1.82) is 0 Å². The molecule has 0 atom stereocenters. The fourth-order valence-electron chi connectivity index (χ4n) is 0.975. The van der Waals surface area contributed by atoms with E-state index in [4.69, 9.17) is 5.14 Å². The zero-order valence-corrected chi connectivity index (χ0v) is 10.6. The van der Waals surface area contributed by atoms with E-state index in [9.17, 15) is 8.42 Å². The molecular weight excluding hydrogens is 282 g/mol. The van der Waals surface area contributed by atoms with Crippen molar-refractivity contribution in [3.8, 4) is 0 Å². The summed E-state index contributed by atoms with van der Waals surface area (Å²) in [6.45, 7) is 2.17. The Kier molecular flexibility index (Phi) is 4.06. The van der Waals surface area contributed by atoms with Gasteiger partial charge in [0.05, 0.1) is 10.2 Å². The number of primary sulfonamides is 1. The molecule has 1 aromatic heterocycles. The van der Waals surface area contributed by atoms with Crippen LogP contribution in [0.25, 0.3) is 0 Å². The first-order valence-electron chi connectivity index (χ1n) is 4.25. The minimum Gasteiger partial charge on any atom is -0.368 e. The summed E-state index contributed by atoms with van der Waals surface area (Å²) in [5.41, 5.74) is 1.03. The maximum Gasteiger partial charge on any atom is 0.210 e. The molecule has 5 nitrogen and oxygen atoms in total. The summed E-state index contributed by atoms with van der Waals surface area (Å²) in [5, 5.41) is 7.74. The number of rotatable bonds is 4. The maximum absolute atomic E-state index is 10.7. The summed E-state index contributed by atoms with van der Waals surface area (Å²) in [5.74, 6) is 0.499. The molecule has 0 saturated carbocycles. The van der Waals surface area contributed by atoms with E-state index >= 15 is 0 Å². The SMILES string of the molecule is Cc1cnc(NCCS(N)(=O)=O)c(Br)c1. The molecule has 0 spiro atoms. The molecule has 1 heterocycles. The van der Waals surface area contributed by atoms with Crippen molar-refractivity contribution in [3.63, 3.8) is 0 Å². The topological polar surface area (TPSA) is 85.1 Å². The molecule has 0 amide bonds. The average Bonchev–Trinajstić information content (AvgIpc) is 2.07. The number of aryl methyl sites for hydroxylation is 1. The number of sulfonamides is 1. The number of anilines is 1. The van der Waals surface area contributed by atoms with Crippen molar-refractivity contribution in [3.05, 3.63) is 22.3 Å². The Morgan fingerprint density at radius 2 is 2.27 bits per heavy atom. The fourth-order valence-corrected chi connectivity index (χ4v) is 1.97. The van der Waals surface area contributed by atoms with E-state index in [2.05, 4.69) is 26.2 Å². The Bertz CT molecular complexity index is 447. The highest BCUT2D eigenvalue weighted by Crippen LogP contribution is 2.19. The first-order valence-corrected chi connectivity index (χ1v) is 6.76. The lowest BCUT2D eigenvalue weighted by molar-refractivity contribution is 0.598. The number of nitrogens with two attached hydrogens (primary N) is 1. The highest BCUT2D eigenvalue weighted by Gasteiger charge is 2.04. The first-order chi connectivity index (χ1) is 6.88. The number of hydrogen-bond acceptors (Lipinski definition) is 4. The Labute approximate surface area is 97.3 Å². The molecule has 0 saturated heterocycles. The third kappa shape index (κ3) is 4.59. The smallest absolute Gasteiger partial charge is 0.210 e. The van der Waals surface area contributed by atoms with Crippen molar-refractivity contribution < 1.29 is 8.42 Å². The first kappa shape index (κ1) is 12.4. The van der Waals surface area contributed by atoms with Crippen molar-refractivity contribution >= 4 is 31.8 Å². The second-order valence-electron chi connectivity index (χ2n) is 3.14. The summed E-state index contributed by atoms with van der Waals surface area (Å²) in [6.07, 6.45) is 1.70. The number of nitrogens with one attached hydrogen (secondary N) is 1. The molecule has 7 heteroatoms. The van der Waals surface area contributed by atoms with Crippen LogP contribution in [0.1, 0.15) is 5.56 Å². The normalized spacial score (nSPS) is 11.4. The molecule has 0 aliphatic heterocycles. The van der Waals surface area contributed by atoms with Crippen molar-refractivity contribution in [2.45, 2.75) is 6.92 Å². The monoisotopic (exact) mass is 293 g/mol. The Morgan fingerprint density at radius 3 is 2.80 bits per heavy atom. The van der Waals surface area contributed by atoms with Crippen LogP contribution >= 0.6 is 15.9 Å². The lowest BCUT2D eigenvalue weighted by Gasteiger charge is -2.06. The number of halogens is 1. The summed E-state index contributed by atoms with van der Waals surface area (Å²) >= 11 is 3.32. The van der Waals surface area contributed by atoms with Gasteiger partial charge in [0.25, 0.3) is 0 Å². The predicted octanol–water partition coefficient (Wildman–Crippen LogP) is 0.853. The third-order valence-electron chi connectivity index (χ3n) is 1.66. The molecule has 0 aliphatic carbocycles. The number of aromatic nitrogens is 1. The van der Waals surface area contributed by atoms with Gasteiger partial charge in [0.15, 0.2) is 0 Å². The van der Waals surface area contributed by atoms with E-state index in [1.54, 1.807) is 6.20 Å². The minimum atomic E-state index is -3.42. The van der Waals surface area contributed by atoms with Crippen LogP contribution < -0.4 is 10.5 Å². The summed E-state index contributed by atoms with van der Waals surface area (Å²) in [6, 6.07) is 1.90. The summed E-state index contributed by atoms with van der Waals surface area (Å²) in [4.78, 5) is 4.10. The zero-order chi connectivity index (χ0) is 11.5. The summed E-state index contributed by atoms with van der Waals surface area (Å²) < 4.78 is 22.1. The van der Waals surface area contributed by atoms with Gasteiger partial charge >= 0.3 is 0 Å². The second kappa shape index (κ2) is 4.91. The molecular formula is C8H12BrN3O2S. The van der Waals surface area contributed by atoms with Gasteiger partial charge in [0.1, 0.15) is 5.82 Å². The Balaban J connectivity index is 2.59. The van der Waals surface area contributed by atoms with Gasteiger partial charge in [-0.2, -0.15) is 0 Å². The number of hydrogen-bond donors (Lipinski definition) is 2. The van der Waals surface area contributed by atoms with E-state index in [0.717, 1.165) is 10.0 Å². The van der Waals surface area contributed by atoms with Gasteiger partial charge in [-0.25, -0.2) is 18.5 Å². The van der Waals surface area contributed by atoms with E-state index in [-0.39, 0.29) is 12.3 Å². The van der Waals surface area contributed by atoms with Gasteiger partial charge < -0.3 is 5.32 Å².